The van der Waals surface area contributed by atoms with Crippen LogP contribution >= 0.6 is 11.3 Å². The van der Waals surface area contributed by atoms with Gasteiger partial charge in [-0.15, -0.1) is 10.2 Å². The molecule has 8 heteroatoms. The second-order valence-electron chi connectivity index (χ2n) is 5.57. The van der Waals surface area contributed by atoms with Gasteiger partial charge in [0.2, 0.25) is 5.13 Å². The molecule has 0 radical (unpaired) electrons. The molecule has 3 aromatic rings. The molecule has 3 aromatic heterocycles. The van der Waals surface area contributed by atoms with Crippen molar-refractivity contribution in [2.24, 2.45) is 0 Å². The van der Waals surface area contributed by atoms with Crippen molar-refractivity contribution in [1.82, 2.24) is 20.2 Å². The van der Waals surface area contributed by atoms with Gasteiger partial charge in [0.25, 0.3) is 0 Å². The predicted molar refractivity (Wildman–Crippen MR) is 102 cm³/mol. The summed E-state index contributed by atoms with van der Waals surface area (Å²) in [5, 5.41) is 16.2. The van der Waals surface area contributed by atoms with E-state index in [0.29, 0.717) is 11.7 Å². The largest absolute Gasteiger partial charge is 0.383 e. The van der Waals surface area contributed by atoms with Crippen LogP contribution in [-0.2, 0) is 6.54 Å². The Kier molecular flexibility index (Phi) is 5.73. The fraction of sp³-hybridized carbons (Fsp3) is 0.294. The lowest BCUT2D eigenvalue weighted by atomic mass is 10.1. The van der Waals surface area contributed by atoms with Gasteiger partial charge in [-0.25, -0.2) is 4.98 Å². The molecule has 7 nitrogen and oxygen atoms in total. The van der Waals surface area contributed by atoms with Crippen LogP contribution in [0.25, 0.3) is 0 Å². The van der Waals surface area contributed by atoms with E-state index in [9.17, 15) is 0 Å². The molecular weight excluding hydrogens is 334 g/mol. The second kappa shape index (κ2) is 8.39. The van der Waals surface area contributed by atoms with Gasteiger partial charge in [-0.05, 0) is 30.7 Å². The molecule has 25 heavy (non-hydrogen) atoms. The Morgan fingerprint density at radius 3 is 2.68 bits per heavy atom. The number of pyridine rings is 2. The fourth-order valence-electron chi connectivity index (χ4n) is 2.35. The van der Waals surface area contributed by atoms with E-state index in [1.807, 2.05) is 36.5 Å². The van der Waals surface area contributed by atoms with E-state index in [0.717, 1.165) is 35.2 Å². The Morgan fingerprint density at radius 1 is 1.12 bits per heavy atom. The van der Waals surface area contributed by atoms with Crippen LogP contribution in [0.1, 0.15) is 30.0 Å². The van der Waals surface area contributed by atoms with E-state index in [1.165, 1.54) is 11.3 Å². The number of nitrogen functional groups attached to an aromatic ring is 1. The van der Waals surface area contributed by atoms with E-state index in [1.54, 1.807) is 6.20 Å². The normalized spacial score (nSPS) is 11.9. The summed E-state index contributed by atoms with van der Waals surface area (Å²) in [5.74, 6) is 1.11. The standard InChI is InChI=1S/C17H21N7S/c1-2-12(16-23-24-17(18)25-16)9-20-14-6-7-15(22-11-14)21-10-13-5-3-4-8-19-13/h3-8,11-12,20H,2,9-10H2,1H3,(H2,18,24)(H,21,22). The van der Waals surface area contributed by atoms with Crippen LogP contribution in [0.3, 0.4) is 0 Å². The first kappa shape index (κ1) is 17.1. The zero-order valence-corrected chi connectivity index (χ0v) is 14.8. The number of nitrogens with one attached hydrogen (secondary N) is 2. The number of aromatic nitrogens is 4. The van der Waals surface area contributed by atoms with Gasteiger partial charge < -0.3 is 16.4 Å². The van der Waals surface area contributed by atoms with Gasteiger partial charge in [-0.2, -0.15) is 0 Å². The van der Waals surface area contributed by atoms with Gasteiger partial charge in [0.1, 0.15) is 10.8 Å². The molecule has 0 spiro atoms. The molecule has 0 bridgehead atoms. The van der Waals surface area contributed by atoms with Crippen LogP contribution in [0.15, 0.2) is 42.7 Å². The zero-order valence-electron chi connectivity index (χ0n) is 14.0. The summed E-state index contributed by atoms with van der Waals surface area (Å²) in [6, 6.07) is 9.82. The second-order valence-corrected chi connectivity index (χ2v) is 6.61. The average molecular weight is 355 g/mol. The highest BCUT2D eigenvalue weighted by atomic mass is 32.1. The topological polar surface area (TPSA) is 102 Å². The first-order valence-corrected chi connectivity index (χ1v) is 8.99. The number of hydrogen-bond donors (Lipinski definition) is 3. The number of nitrogens with zero attached hydrogens (tertiary/aromatic N) is 4. The van der Waals surface area contributed by atoms with E-state index in [-0.39, 0.29) is 5.92 Å². The summed E-state index contributed by atoms with van der Waals surface area (Å²) < 4.78 is 0. The van der Waals surface area contributed by atoms with Crippen molar-refractivity contribution in [3.05, 3.63) is 53.4 Å². The monoisotopic (exact) mass is 355 g/mol. The van der Waals surface area contributed by atoms with Gasteiger partial charge in [-0.1, -0.05) is 24.3 Å². The lowest BCUT2D eigenvalue weighted by Gasteiger charge is -2.13. The van der Waals surface area contributed by atoms with Gasteiger partial charge >= 0.3 is 0 Å². The third-order valence-corrected chi connectivity index (χ3v) is 4.71. The zero-order chi connectivity index (χ0) is 17.5. The highest BCUT2D eigenvalue weighted by molar-refractivity contribution is 7.15. The Hall–Kier alpha value is -2.74. The third-order valence-electron chi connectivity index (χ3n) is 3.79. The lowest BCUT2D eigenvalue weighted by Crippen LogP contribution is -2.12. The van der Waals surface area contributed by atoms with Crippen molar-refractivity contribution in [2.75, 3.05) is 22.9 Å². The SMILES string of the molecule is CCC(CNc1ccc(NCc2ccccn2)nc1)c1nnc(N)s1. The van der Waals surface area contributed by atoms with Gasteiger partial charge in [0.05, 0.1) is 24.1 Å². The van der Waals surface area contributed by atoms with Crippen molar-refractivity contribution in [2.45, 2.75) is 25.8 Å². The Morgan fingerprint density at radius 2 is 2.04 bits per heavy atom. The van der Waals surface area contributed by atoms with Crippen LogP contribution in [0.2, 0.25) is 0 Å². The Balaban J connectivity index is 1.51. The molecule has 1 atom stereocenters. The summed E-state index contributed by atoms with van der Waals surface area (Å²) in [4.78, 5) is 8.71. The Labute approximate surface area is 150 Å². The molecule has 0 saturated heterocycles. The van der Waals surface area contributed by atoms with Crippen molar-refractivity contribution >= 4 is 28.0 Å². The van der Waals surface area contributed by atoms with Crippen molar-refractivity contribution in [3.8, 4) is 0 Å². The molecule has 0 saturated carbocycles. The maximum Gasteiger partial charge on any atom is 0.203 e. The molecule has 1 unspecified atom stereocenters. The molecule has 130 valence electrons. The van der Waals surface area contributed by atoms with E-state index in [4.69, 9.17) is 5.73 Å². The first-order chi connectivity index (χ1) is 12.2. The van der Waals surface area contributed by atoms with Crippen molar-refractivity contribution < 1.29 is 0 Å². The smallest absolute Gasteiger partial charge is 0.203 e. The molecule has 0 aromatic carbocycles. The molecule has 0 aliphatic rings. The number of rotatable bonds is 8. The molecule has 0 fully saturated rings. The minimum Gasteiger partial charge on any atom is -0.383 e. The third kappa shape index (κ3) is 4.87. The highest BCUT2D eigenvalue weighted by Gasteiger charge is 2.14. The van der Waals surface area contributed by atoms with Crippen LogP contribution < -0.4 is 16.4 Å². The minimum atomic E-state index is 0.289. The predicted octanol–water partition coefficient (Wildman–Crippen LogP) is 3.13. The summed E-state index contributed by atoms with van der Waals surface area (Å²) in [6.45, 7) is 3.55. The molecule has 3 rings (SSSR count). The minimum absolute atomic E-state index is 0.289. The van der Waals surface area contributed by atoms with E-state index in [2.05, 4.69) is 37.7 Å². The van der Waals surface area contributed by atoms with E-state index >= 15 is 0 Å². The van der Waals surface area contributed by atoms with Crippen LogP contribution in [0, 0.1) is 0 Å². The highest BCUT2D eigenvalue weighted by Crippen LogP contribution is 2.24. The summed E-state index contributed by atoms with van der Waals surface area (Å²) in [5.41, 5.74) is 7.62. The summed E-state index contributed by atoms with van der Waals surface area (Å²) in [7, 11) is 0. The van der Waals surface area contributed by atoms with Crippen molar-refractivity contribution in [3.63, 3.8) is 0 Å². The van der Waals surface area contributed by atoms with Gasteiger partial charge in [0.15, 0.2) is 0 Å². The van der Waals surface area contributed by atoms with Crippen LogP contribution in [0.5, 0.6) is 0 Å². The molecule has 4 N–H and O–H groups in total. The number of anilines is 3. The number of hydrogen-bond acceptors (Lipinski definition) is 8. The van der Waals surface area contributed by atoms with Crippen molar-refractivity contribution in [1.29, 1.82) is 0 Å². The maximum absolute atomic E-state index is 5.67. The Bertz CT molecular complexity index is 773. The molecule has 0 amide bonds. The average Bonchev–Trinajstić information content (AvgIpc) is 3.08. The van der Waals surface area contributed by atoms with Crippen LogP contribution in [-0.4, -0.2) is 26.7 Å². The molecule has 0 aliphatic carbocycles. The summed E-state index contributed by atoms with van der Waals surface area (Å²) >= 11 is 1.45. The lowest BCUT2D eigenvalue weighted by molar-refractivity contribution is 0.680. The quantitative estimate of drug-likeness (QED) is 0.570. The molecule has 0 aliphatic heterocycles. The molecular formula is C17H21N7S. The van der Waals surface area contributed by atoms with Gasteiger partial charge in [-0.3, -0.25) is 4.98 Å². The molecule has 3 heterocycles. The first-order valence-electron chi connectivity index (χ1n) is 8.17. The maximum atomic E-state index is 5.67. The number of nitrogens with two attached hydrogens (primary N) is 1. The summed E-state index contributed by atoms with van der Waals surface area (Å²) in [6.07, 6.45) is 4.58. The van der Waals surface area contributed by atoms with Gasteiger partial charge in [0, 0.05) is 18.7 Å². The fourth-order valence-corrected chi connectivity index (χ4v) is 3.14. The van der Waals surface area contributed by atoms with E-state index < -0.39 is 0 Å². The van der Waals surface area contributed by atoms with Crippen LogP contribution in [0.4, 0.5) is 16.6 Å².